The Balaban J connectivity index is 1.54. The molecule has 1 aliphatic heterocycles. The lowest BCUT2D eigenvalue weighted by Crippen LogP contribution is -2.61. The number of aromatic nitrogens is 3. The molecule has 1 saturated heterocycles. The number of nitrogens with zero attached hydrogens (tertiary/aromatic N) is 3. The van der Waals surface area contributed by atoms with Crippen LogP contribution in [0.1, 0.15) is 66.7 Å². The summed E-state index contributed by atoms with van der Waals surface area (Å²) in [6.45, 7) is 7.76. The number of piperidine rings is 1. The first-order valence-electron chi connectivity index (χ1n) is 11.9. The number of halogens is 1. The quantitative estimate of drug-likeness (QED) is 0.379. The normalized spacial score (nSPS) is 18.6. The van der Waals surface area contributed by atoms with Crippen molar-refractivity contribution in [3.63, 3.8) is 0 Å². The number of aryl methyl sites for hydroxylation is 1. The first kappa shape index (κ1) is 24.6. The van der Waals surface area contributed by atoms with Gasteiger partial charge in [0.2, 0.25) is 0 Å². The number of imidazole rings is 1. The average molecular weight is 503 g/mol. The molecule has 10 heteroatoms. The van der Waals surface area contributed by atoms with Crippen molar-refractivity contribution in [2.75, 3.05) is 18.0 Å². The molecule has 0 bridgehead atoms. The first-order valence-corrected chi connectivity index (χ1v) is 13.1. The fraction of sp³-hybridized carbons (Fsp3) is 0.500. The summed E-state index contributed by atoms with van der Waals surface area (Å²) in [4.78, 5) is 38.7. The molecule has 4 rings (SSSR count). The molecule has 0 aliphatic carbocycles. The summed E-state index contributed by atoms with van der Waals surface area (Å²) < 4.78 is 0.911. The Kier molecular flexibility index (Phi) is 7.85. The maximum atomic E-state index is 13.0. The fourth-order valence-corrected chi connectivity index (χ4v) is 5.79. The molecular formula is C24H31ClN6O2S. The van der Waals surface area contributed by atoms with Gasteiger partial charge in [0.05, 0.1) is 15.9 Å². The molecule has 0 saturated carbocycles. The molecule has 3 aromatic rings. The Morgan fingerprint density at radius 1 is 1.29 bits per heavy atom. The van der Waals surface area contributed by atoms with Crippen LogP contribution in [0.15, 0.2) is 18.2 Å². The van der Waals surface area contributed by atoms with E-state index >= 15 is 0 Å². The van der Waals surface area contributed by atoms with Gasteiger partial charge in [-0.25, -0.2) is 9.97 Å². The molecule has 182 valence electrons. The van der Waals surface area contributed by atoms with Gasteiger partial charge < -0.3 is 20.5 Å². The van der Waals surface area contributed by atoms with Crippen LogP contribution >= 0.6 is 22.9 Å². The largest absolute Gasteiger partial charge is 0.346 e. The number of amides is 1. The van der Waals surface area contributed by atoms with E-state index in [4.69, 9.17) is 16.6 Å². The van der Waals surface area contributed by atoms with Crippen molar-refractivity contribution in [2.45, 2.75) is 64.6 Å². The molecule has 1 fully saturated rings. The number of aromatic amines is 1. The molecule has 34 heavy (non-hydrogen) atoms. The predicted molar refractivity (Wildman–Crippen MR) is 137 cm³/mol. The van der Waals surface area contributed by atoms with Crippen LogP contribution in [0.4, 0.5) is 5.13 Å². The predicted octanol–water partition coefficient (Wildman–Crippen LogP) is 4.20. The zero-order valence-electron chi connectivity index (χ0n) is 19.7. The monoisotopic (exact) mass is 502 g/mol. The minimum absolute atomic E-state index is 0.0382. The molecular weight excluding hydrogens is 472 g/mol. The lowest BCUT2D eigenvalue weighted by molar-refractivity contribution is 0.0908. The molecule has 0 radical (unpaired) electrons. The van der Waals surface area contributed by atoms with Crippen LogP contribution in [0.5, 0.6) is 0 Å². The van der Waals surface area contributed by atoms with E-state index in [0.717, 1.165) is 53.1 Å². The van der Waals surface area contributed by atoms with Gasteiger partial charge in [0, 0.05) is 36.8 Å². The summed E-state index contributed by atoms with van der Waals surface area (Å²) in [6.07, 6.45) is 4.34. The SMILES string of the molecule is CCc1[nH]c(C(=O)N[C@@H]2CCN(c3nc4cccc(C=O)c4s3)C[C@@H]2NC(CC)CC)nc1Cl. The van der Waals surface area contributed by atoms with Crippen molar-refractivity contribution in [2.24, 2.45) is 0 Å². The van der Waals surface area contributed by atoms with Gasteiger partial charge in [-0.2, -0.15) is 0 Å². The lowest BCUT2D eigenvalue weighted by atomic mass is 9.97. The van der Waals surface area contributed by atoms with E-state index in [-0.39, 0.29) is 23.8 Å². The van der Waals surface area contributed by atoms with Gasteiger partial charge in [-0.1, -0.05) is 55.8 Å². The molecule has 1 amide bonds. The lowest BCUT2D eigenvalue weighted by Gasteiger charge is -2.40. The van der Waals surface area contributed by atoms with Crippen LogP contribution in [0, 0.1) is 0 Å². The van der Waals surface area contributed by atoms with Crippen LogP contribution in [0.2, 0.25) is 5.15 Å². The number of aldehydes is 1. The minimum atomic E-state index is -0.244. The van der Waals surface area contributed by atoms with E-state index in [1.54, 1.807) is 11.3 Å². The third-order valence-electron chi connectivity index (χ3n) is 6.49. The summed E-state index contributed by atoms with van der Waals surface area (Å²) in [5, 5.41) is 8.18. The second-order valence-electron chi connectivity index (χ2n) is 8.62. The van der Waals surface area contributed by atoms with E-state index in [1.807, 2.05) is 25.1 Å². The average Bonchev–Trinajstić information content (AvgIpc) is 3.46. The van der Waals surface area contributed by atoms with Crippen molar-refractivity contribution >= 4 is 50.5 Å². The highest BCUT2D eigenvalue weighted by atomic mass is 35.5. The van der Waals surface area contributed by atoms with Crippen LogP contribution in [0.25, 0.3) is 10.2 Å². The number of nitrogens with one attached hydrogen (secondary N) is 3. The van der Waals surface area contributed by atoms with Gasteiger partial charge in [0.1, 0.15) is 0 Å². The number of thiazole rings is 1. The number of fused-ring (bicyclic) bond motifs is 1. The number of anilines is 1. The maximum Gasteiger partial charge on any atom is 0.287 e. The number of hydrogen-bond donors (Lipinski definition) is 3. The highest BCUT2D eigenvalue weighted by molar-refractivity contribution is 7.22. The van der Waals surface area contributed by atoms with Gasteiger partial charge in [0.25, 0.3) is 5.91 Å². The number of hydrogen-bond acceptors (Lipinski definition) is 7. The van der Waals surface area contributed by atoms with E-state index in [0.29, 0.717) is 29.7 Å². The van der Waals surface area contributed by atoms with Crippen molar-refractivity contribution in [1.82, 2.24) is 25.6 Å². The van der Waals surface area contributed by atoms with Gasteiger partial charge in [-0.15, -0.1) is 0 Å². The summed E-state index contributed by atoms with van der Waals surface area (Å²) in [5.41, 5.74) is 2.27. The molecule has 2 atom stereocenters. The van der Waals surface area contributed by atoms with Gasteiger partial charge in [0.15, 0.2) is 22.4 Å². The zero-order valence-corrected chi connectivity index (χ0v) is 21.3. The summed E-state index contributed by atoms with van der Waals surface area (Å²) in [7, 11) is 0. The van der Waals surface area contributed by atoms with Crippen molar-refractivity contribution < 1.29 is 9.59 Å². The fourth-order valence-electron chi connectivity index (χ4n) is 4.45. The molecule has 3 N–H and O–H groups in total. The first-order chi connectivity index (χ1) is 16.5. The van der Waals surface area contributed by atoms with E-state index < -0.39 is 0 Å². The van der Waals surface area contributed by atoms with Crippen LogP contribution in [0.3, 0.4) is 0 Å². The molecule has 8 nitrogen and oxygen atoms in total. The zero-order chi connectivity index (χ0) is 24.2. The molecule has 0 spiro atoms. The number of carbonyl (C=O) groups is 2. The molecule has 3 heterocycles. The van der Waals surface area contributed by atoms with Gasteiger partial charge in [-0.3, -0.25) is 9.59 Å². The van der Waals surface area contributed by atoms with Crippen LogP contribution < -0.4 is 15.5 Å². The van der Waals surface area contributed by atoms with E-state index in [9.17, 15) is 9.59 Å². The number of benzene rings is 1. The van der Waals surface area contributed by atoms with E-state index in [2.05, 4.69) is 39.3 Å². The Hall–Kier alpha value is -2.49. The Morgan fingerprint density at radius 3 is 2.76 bits per heavy atom. The van der Waals surface area contributed by atoms with Crippen molar-refractivity contribution in [3.8, 4) is 0 Å². The molecule has 1 aliphatic rings. The number of carbonyl (C=O) groups excluding carboxylic acids is 2. The van der Waals surface area contributed by atoms with Crippen LogP contribution in [-0.4, -0.2) is 58.4 Å². The maximum absolute atomic E-state index is 13.0. The summed E-state index contributed by atoms with van der Waals surface area (Å²) in [6, 6.07) is 5.95. The standard InChI is InChI=1S/C24H31ClN6O2S/c1-4-15(5-2)26-19-12-31(24-29-18-9-7-8-14(13-32)20(18)34-24)11-10-17(19)28-23(33)22-27-16(6-3)21(25)30-22/h7-9,13,15,17,19,26H,4-6,10-12H2,1-3H3,(H,27,30)(H,28,33)/t17-,19+/m1/s1. The van der Waals surface area contributed by atoms with Crippen molar-refractivity contribution in [1.29, 1.82) is 0 Å². The van der Waals surface area contributed by atoms with Crippen molar-refractivity contribution in [3.05, 3.63) is 40.4 Å². The topological polar surface area (TPSA) is 103 Å². The highest BCUT2D eigenvalue weighted by Gasteiger charge is 2.33. The minimum Gasteiger partial charge on any atom is -0.346 e. The summed E-state index contributed by atoms with van der Waals surface area (Å²) in [5.74, 6) is 0.00476. The van der Waals surface area contributed by atoms with Crippen LogP contribution in [-0.2, 0) is 6.42 Å². The smallest absolute Gasteiger partial charge is 0.287 e. The van der Waals surface area contributed by atoms with E-state index in [1.165, 1.54) is 0 Å². The molecule has 1 aromatic carbocycles. The van der Waals surface area contributed by atoms with Gasteiger partial charge in [-0.05, 0) is 31.7 Å². The number of rotatable bonds is 9. The Labute approximate surface area is 208 Å². The number of H-pyrrole nitrogens is 1. The molecule has 2 aromatic heterocycles. The highest BCUT2D eigenvalue weighted by Crippen LogP contribution is 2.32. The van der Waals surface area contributed by atoms with Gasteiger partial charge >= 0.3 is 0 Å². The Bertz CT molecular complexity index is 1160. The Morgan fingerprint density at radius 2 is 2.09 bits per heavy atom. The second-order valence-corrected chi connectivity index (χ2v) is 9.95. The second kappa shape index (κ2) is 10.8. The molecule has 0 unspecified atom stereocenters. The third kappa shape index (κ3) is 5.11. The summed E-state index contributed by atoms with van der Waals surface area (Å²) >= 11 is 7.69. The third-order valence-corrected chi connectivity index (χ3v) is 7.99.